The first-order chi connectivity index (χ1) is 10.2. The van der Waals surface area contributed by atoms with Gasteiger partial charge >= 0.3 is 0 Å². The Labute approximate surface area is 129 Å². The number of hydrogen-bond acceptors (Lipinski definition) is 5. The number of hydrogen-bond donors (Lipinski definition) is 1. The van der Waals surface area contributed by atoms with E-state index in [9.17, 15) is 0 Å². The molecule has 0 saturated carbocycles. The first-order valence-corrected chi connectivity index (χ1v) is 7.01. The number of nitrogens with zero attached hydrogens (tertiary/aromatic N) is 2. The highest BCUT2D eigenvalue weighted by Crippen LogP contribution is 2.26. The molecule has 1 aromatic carbocycles. The predicted octanol–water partition coefficient (Wildman–Crippen LogP) is 3.32. The molecule has 0 amide bonds. The molecule has 0 bridgehead atoms. The summed E-state index contributed by atoms with van der Waals surface area (Å²) in [6.07, 6.45) is 2.22. The highest BCUT2D eigenvalue weighted by atomic mass is 35.5. The molecule has 0 radical (unpaired) electrons. The molecule has 1 N–H and O–H groups in total. The second kappa shape index (κ2) is 7.13. The summed E-state index contributed by atoms with van der Waals surface area (Å²) in [5.74, 6) is 2.27. The second-order valence-corrected chi connectivity index (χ2v) is 4.73. The van der Waals surface area contributed by atoms with Crippen molar-refractivity contribution in [2.24, 2.45) is 0 Å². The third kappa shape index (κ3) is 3.55. The van der Waals surface area contributed by atoms with Gasteiger partial charge in [0.2, 0.25) is 0 Å². The van der Waals surface area contributed by atoms with E-state index < -0.39 is 0 Å². The third-order valence-electron chi connectivity index (χ3n) is 3.19. The van der Waals surface area contributed by atoms with E-state index >= 15 is 0 Å². The molecular formula is C15H18ClN3O2. The first kappa shape index (κ1) is 15.4. The number of aromatic nitrogens is 2. The second-order valence-electron chi connectivity index (χ2n) is 4.38. The lowest BCUT2D eigenvalue weighted by Gasteiger charge is -2.13. The topological polar surface area (TPSA) is 56.3 Å². The molecule has 0 aliphatic rings. The van der Waals surface area contributed by atoms with Crippen LogP contribution in [0.1, 0.15) is 18.1 Å². The molecule has 1 heterocycles. The molecular weight excluding hydrogens is 290 g/mol. The molecule has 112 valence electrons. The Morgan fingerprint density at radius 3 is 2.67 bits per heavy atom. The van der Waals surface area contributed by atoms with E-state index in [0.29, 0.717) is 11.7 Å². The summed E-state index contributed by atoms with van der Waals surface area (Å²) in [5, 5.41) is 3.76. The summed E-state index contributed by atoms with van der Waals surface area (Å²) in [4.78, 5) is 8.24. The normalized spacial score (nSPS) is 10.3. The van der Waals surface area contributed by atoms with Gasteiger partial charge in [-0.25, -0.2) is 9.97 Å². The number of benzene rings is 1. The molecule has 0 unspecified atom stereocenters. The van der Waals surface area contributed by atoms with E-state index in [1.54, 1.807) is 14.2 Å². The standard InChI is InChI=1S/C15H18ClN3O2/c1-4-12-14(16)18-9-19-15(12)17-8-10-5-6-11(20-2)7-13(10)21-3/h5-7,9H,4,8H2,1-3H3,(H,17,18,19). The van der Waals surface area contributed by atoms with E-state index in [-0.39, 0.29) is 0 Å². The predicted molar refractivity (Wildman–Crippen MR) is 83.3 cm³/mol. The van der Waals surface area contributed by atoms with E-state index in [2.05, 4.69) is 15.3 Å². The molecule has 21 heavy (non-hydrogen) atoms. The lowest BCUT2D eigenvalue weighted by molar-refractivity contribution is 0.391. The van der Waals surface area contributed by atoms with Gasteiger partial charge in [-0.05, 0) is 18.6 Å². The summed E-state index contributed by atoms with van der Waals surface area (Å²) in [6, 6.07) is 5.71. The maximum absolute atomic E-state index is 6.08. The fourth-order valence-corrected chi connectivity index (χ4v) is 2.30. The van der Waals surface area contributed by atoms with Crippen molar-refractivity contribution in [2.45, 2.75) is 19.9 Å². The van der Waals surface area contributed by atoms with E-state index in [4.69, 9.17) is 21.1 Å². The highest BCUT2D eigenvalue weighted by molar-refractivity contribution is 6.30. The number of anilines is 1. The van der Waals surface area contributed by atoms with Crippen LogP contribution in [0.4, 0.5) is 5.82 Å². The van der Waals surface area contributed by atoms with E-state index in [0.717, 1.165) is 34.9 Å². The van der Waals surface area contributed by atoms with Crippen LogP contribution in [0.3, 0.4) is 0 Å². The van der Waals surface area contributed by atoms with Crippen LogP contribution in [0.25, 0.3) is 0 Å². The summed E-state index contributed by atoms with van der Waals surface area (Å²) >= 11 is 6.08. The van der Waals surface area contributed by atoms with Crippen molar-refractivity contribution >= 4 is 17.4 Å². The minimum atomic E-state index is 0.483. The Morgan fingerprint density at radius 2 is 2.00 bits per heavy atom. The van der Waals surface area contributed by atoms with Gasteiger partial charge in [-0.2, -0.15) is 0 Å². The lowest BCUT2D eigenvalue weighted by Crippen LogP contribution is -2.06. The van der Waals surface area contributed by atoms with Gasteiger partial charge in [-0.3, -0.25) is 0 Å². The number of rotatable bonds is 6. The summed E-state index contributed by atoms with van der Waals surface area (Å²) in [6.45, 7) is 2.59. The molecule has 1 aromatic heterocycles. The van der Waals surface area contributed by atoms with Crippen LogP contribution in [-0.4, -0.2) is 24.2 Å². The maximum Gasteiger partial charge on any atom is 0.137 e. The Hall–Kier alpha value is -2.01. The van der Waals surface area contributed by atoms with Crippen molar-refractivity contribution in [3.05, 3.63) is 40.8 Å². The minimum Gasteiger partial charge on any atom is -0.497 e. The van der Waals surface area contributed by atoms with Crippen LogP contribution in [-0.2, 0) is 13.0 Å². The maximum atomic E-state index is 6.08. The van der Waals surface area contributed by atoms with Crippen LogP contribution in [0.5, 0.6) is 11.5 Å². The van der Waals surface area contributed by atoms with Crippen LogP contribution < -0.4 is 14.8 Å². The van der Waals surface area contributed by atoms with Crippen molar-refractivity contribution in [1.82, 2.24) is 9.97 Å². The van der Waals surface area contributed by atoms with Crippen LogP contribution >= 0.6 is 11.6 Å². The van der Waals surface area contributed by atoms with Gasteiger partial charge in [0.15, 0.2) is 0 Å². The molecule has 0 aliphatic carbocycles. The molecule has 0 fully saturated rings. The van der Waals surface area contributed by atoms with Gasteiger partial charge in [0.25, 0.3) is 0 Å². The third-order valence-corrected chi connectivity index (χ3v) is 3.51. The van der Waals surface area contributed by atoms with Crippen LogP contribution in [0, 0.1) is 0 Å². The molecule has 6 heteroatoms. The first-order valence-electron chi connectivity index (χ1n) is 6.63. The van der Waals surface area contributed by atoms with E-state index in [1.807, 2.05) is 25.1 Å². The smallest absolute Gasteiger partial charge is 0.137 e. The Kier molecular flexibility index (Phi) is 5.22. The molecule has 0 spiro atoms. The minimum absolute atomic E-state index is 0.483. The zero-order chi connectivity index (χ0) is 15.2. The Morgan fingerprint density at radius 1 is 1.19 bits per heavy atom. The highest BCUT2D eigenvalue weighted by Gasteiger charge is 2.09. The summed E-state index contributed by atoms with van der Waals surface area (Å²) in [5.41, 5.74) is 1.92. The van der Waals surface area contributed by atoms with Gasteiger partial charge in [-0.15, -0.1) is 0 Å². The fraction of sp³-hybridized carbons (Fsp3) is 0.333. The van der Waals surface area contributed by atoms with Crippen molar-refractivity contribution in [2.75, 3.05) is 19.5 Å². The molecule has 0 aliphatic heterocycles. The van der Waals surface area contributed by atoms with Crippen LogP contribution in [0.2, 0.25) is 5.15 Å². The zero-order valence-electron chi connectivity index (χ0n) is 12.3. The monoisotopic (exact) mass is 307 g/mol. The number of ether oxygens (including phenoxy) is 2. The quantitative estimate of drug-likeness (QED) is 0.830. The fourth-order valence-electron chi connectivity index (χ4n) is 2.03. The molecule has 2 aromatic rings. The van der Waals surface area contributed by atoms with Crippen LogP contribution in [0.15, 0.2) is 24.5 Å². The van der Waals surface area contributed by atoms with E-state index in [1.165, 1.54) is 6.33 Å². The Balaban J connectivity index is 2.18. The molecule has 2 rings (SSSR count). The SMILES string of the molecule is CCc1c(Cl)ncnc1NCc1ccc(OC)cc1OC. The lowest BCUT2D eigenvalue weighted by atomic mass is 10.1. The average molecular weight is 308 g/mol. The van der Waals surface area contributed by atoms with Gasteiger partial charge in [-0.1, -0.05) is 18.5 Å². The van der Waals surface area contributed by atoms with Crippen molar-refractivity contribution < 1.29 is 9.47 Å². The molecule has 0 atom stereocenters. The summed E-state index contributed by atoms with van der Waals surface area (Å²) in [7, 11) is 3.26. The average Bonchev–Trinajstić information content (AvgIpc) is 2.52. The number of methoxy groups -OCH3 is 2. The molecule has 5 nitrogen and oxygen atoms in total. The van der Waals surface area contributed by atoms with Gasteiger partial charge < -0.3 is 14.8 Å². The van der Waals surface area contributed by atoms with Gasteiger partial charge in [0, 0.05) is 23.7 Å². The van der Waals surface area contributed by atoms with Gasteiger partial charge in [0.05, 0.1) is 14.2 Å². The number of nitrogens with one attached hydrogen (secondary N) is 1. The number of halogens is 1. The molecule has 0 saturated heterocycles. The summed E-state index contributed by atoms with van der Waals surface area (Å²) < 4.78 is 10.6. The largest absolute Gasteiger partial charge is 0.497 e. The zero-order valence-corrected chi connectivity index (χ0v) is 13.1. The van der Waals surface area contributed by atoms with Crippen molar-refractivity contribution in [3.8, 4) is 11.5 Å². The van der Waals surface area contributed by atoms with Gasteiger partial charge in [0.1, 0.15) is 28.8 Å². The van der Waals surface area contributed by atoms with Crippen molar-refractivity contribution in [1.29, 1.82) is 0 Å². The Bertz CT molecular complexity index is 620. The van der Waals surface area contributed by atoms with Crippen molar-refractivity contribution in [3.63, 3.8) is 0 Å².